The van der Waals surface area contributed by atoms with E-state index in [0.717, 1.165) is 18.7 Å². The van der Waals surface area contributed by atoms with E-state index in [1.807, 2.05) is 6.92 Å². The fourth-order valence-electron chi connectivity index (χ4n) is 2.19. The zero-order valence-electron chi connectivity index (χ0n) is 9.96. The van der Waals surface area contributed by atoms with E-state index in [2.05, 4.69) is 16.3 Å². The van der Waals surface area contributed by atoms with Gasteiger partial charge in [-0.3, -0.25) is 0 Å². The van der Waals surface area contributed by atoms with Crippen molar-refractivity contribution in [3.8, 4) is 6.07 Å². The van der Waals surface area contributed by atoms with Crippen LogP contribution >= 0.6 is 11.8 Å². The van der Waals surface area contributed by atoms with E-state index >= 15 is 0 Å². The Kier molecular flexibility index (Phi) is 3.89. The topological polar surface area (TPSA) is 80.5 Å². The third-order valence-corrected chi connectivity index (χ3v) is 4.07. The van der Waals surface area contributed by atoms with E-state index in [0.29, 0.717) is 11.1 Å². The lowest BCUT2D eigenvalue weighted by molar-refractivity contribution is 0.421. The van der Waals surface area contributed by atoms with Gasteiger partial charge in [0.15, 0.2) is 5.82 Å². The van der Waals surface area contributed by atoms with Crippen LogP contribution in [0.25, 0.3) is 0 Å². The highest BCUT2D eigenvalue weighted by atomic mass is 32.2. The van der Waals surface area contributed by atoms with Crippen molar-refractivity contribution in [1.82, 2.24) is 14.9 Å². The number of nitrogens with two attached hydrogens (primary N) is 1. The maximum atomic E-state index is 8.77. The number of rotatable bonds is 3. The summed E-state index contributed by atoms with van der Waals surface area (Å²) in [5.74, 6) is 7.31. The molecule has 2 rings (SSSR count). The fraction of sp³-hybridized carbons (Fsp3) is 0.727. The molecule has 0 bridgehead atoms. The number of nitrogens with zero attached hydrogens (tertiary/aromatic N) is 4. The second-order valence-electron chi connectivity index (χ2n) is 4.43. The summed E-state index contributed by atoms with van der Waals surface area (Å²) in [5, 5.41) is 17.5. The molecule has 1 aromatic rings. The second-order valence-corrected chi connectivity index (χ2v) is 5.74. The highest BCUT2D eigenvalue weighted by Gasteiger charge is 2.23. The Balaban J connectivity index is 2.11. The Morgan fingerprint density at radius 2 is 2.12 bits per heavy atom. The monoisotopic (exact) mass is 251 g/mol. The summed E-state index contributed by atoms with van der Waals surface area (Å²) in [7, 11) is 0. The molecule has 1 heterocycles. The molecule has 17 heavy (non-hydrogen) atoms. The highest BCUT2D eigenvalue weighted by Crippen LogP contribution is 2.32. The molecule has 1 aliphatic carbocycles. The molecule has 2 N–H and O–H groups in total. The van der Waals surface area contributed by atoms with E-state index in [9.17, 15) is 0 Å². The van der Waals surface area contributed by atoms with Crippen molar-refractivity contribution in [2.24, 2.45) is 0 Å². The van der Waals surface area contributed by atoms with Gasteiger partial charge >= 0.3 is 0 Å². The lowest BCUT2D eigenvalue weighted by Crippen LogP contribution is -2.19. The molecule has 1 fully saturated rings. The Morgan fingerprint density at radius 3 is 2.76 bits per heavy atom. The highest BCUT2D eigenvalue weighted by molar-refractivity contribution is 8.00. The van der Waals surface area contributed by atoms with Gasteiger partial charge in [0, 0.05) is 5.92 Å². The van der Waals surface area contributed by atoms with Crippen molar-refractivity contribution >= 4 is 11.8 Å². The van der Waals surface area contributed by atoms with Crippen LogP contribution in [0.3, 0.4) is 0 Å². The van der Waals surface area contributed by atoms with E-state index in [4.69, 9.17) is 11.1 Å². The third kappa shape index (κ3) is 2.72. The van der Waals surface area contributed by atoms with Gasteiger partial charge in [-0.1, -0.05) is 31.0 Å². The predicted octanol–water partition coefficient (Wildman–Crippen LogP) is 2.04. The molecule has 1 saturated carbocycles. The summed E-state index contributed by atoms with van der Waals surface area (Å²) < 4.78 is 1.56. The largest absolute Gasteiger partial charge is 0.336 e. The first-order valence-electron chi connectivity index (χ1n) is 5.99. The summed E-state index contributed by atoms with van der Waals surface area (Å²) in [5.41, 5.74) is 0. The van der Waals surface area contributed by atoms with Crippen molar-refractivity contribution in [3.05, 3.63) is 5.82 Å². The normalized spacial score (nSPS) is 18.8. The van der Waals surface area contributed by atoms with Crippen LogP contribution in [0.5, 0.6) is 0 Å². The summed E-state index contributed by atoms with van der Waals surface area (Å²) in [4.78, 5) is 0. The molecule has 6 heteroatoms. The Hall–Kier alpha value is -1.22. The van der Waals surface area contributed by atoms with Gasteiger partial charge in [0.1, 0.15) is 0 Å². The van der Waals surface area contributed by atoms with Gasteiger partial charge in [-0.2, -0.15) is 5.26 Å². The minimum atomic E-state index is -0.152. The second kappa shape index (κ2) is 5.41. The van der Waals surface area contributed by atoms with Crippen molar-refractivity contribution in [1.29, 1.82) is 5.26 Å². The first-order valence-corrected chi connectivity index (χ1v) is 6.87. The Morgan fingerprint density at radius 1 is 1.41 bits per heavy atom. The van der Waals surface area contributed by atoms with Crippen LogP contribution in [-0.4, -0.2) is 20.1 Å². The Bertz CT molecular complexity index is 416. The third-order valence-electron chi connectivity index (χ3n) is 3.13. The quantitative estimate of drug-likeness (QED) is 0.657. The van der Waals surface area contributed by atoms with Gasteiger partial charge in [-0.25, -0.2) is 4.68 Å². The maximum Gasteiger partial charge on any atom is 0.211 e. The summed E-state index contributed by atoms with van der Waals surface area (Å²) >= 11 is 1.36. The van der Waals surface area contributed by atoms with Gasteiger partial charge in [0.2, 0.25) is 5.16 Å². The van der Waals surface area contributed by atoms with E-state index < -0.39 is 0 Å². The van der Waals surface area contributed by atoms with Crippen molar-refractivity contribution < 1.29 is 0 Å². The number of nitriles is 1. The first kappa shape index (κ1) is 12.2. The van der Waals surface area contributed by atoms with Crippen LogP contribution in [-0.2, 0) is 0 Å². The van der Waals surface area contributed by atoms with E-state index in [1.54, 1.807) is 4.68 Å². The van der Waals surface area contributed by atoms with Crippen LogP contribution in [0, 0.1) is 11.3 Å². The van der Waals surface area contributed by atoms with Crippen LogP contribution in [0.15, 0.2) is 5.16 Å². The van der Waals surface area contributed by atoms with E-state index in [1.165, 1.54) is 31.0 Å². The molecule has 0 saturated heterocycles. The van der Waals surface area contributed by atoms with Crippen molar-refractivity contribution in [2.45, 2.75) is 55.4 Å². The SMILES string of the molecule is CC(C#N)Sc1nnc(C2CCCCC2)n1N. The van der Waals surface area contributed by atoms with Gasteiger partial charge in [-0.05, 0) is 19.8 Å². The minimum Gasteiger partial charge on any atom is -0.336 e. The van der Waals surface area contributed by atoms with Crippen LogP contribution in [0.1, 0.15) is 50.8 Å². The molecule has 0 spiro atoms. The molecule has 92 valence electrons. The summed E-state index contributed by atoms with van der Waals surface area (Å²) in [6, 6.07) is 2.16. The van der Waals surface area contributed by atoms with Crippen LogP contribution in [0.2, 0.25) is 0 Å². The summed E-state index contributed by atoms with van der Waals surface area (Å²) in [6.45, 7) is 1.83. The average Bonchev–Trinajstić information content (AvgIpc) is 2.72. The molecule has 1 aliphatic rings. The molecule has 0 aliphatic heterocycles. The number of hydrogen-bond donors (Lipinski definition) is 1. The molecule has 0 aromatic carbocycles. The summed E-state index contributed by atoms with van der Waals surface area (Å²) in [6.07, 6.45) is 6.09. The van der Waals surface area contributed by atoms with Gasteiger partial charge in [0.05, 0.1) is 11.3 Å². The fourth-order valence-corrected chi connectivity index (χ4v) is 2.86. The number of hydrogen-bond acceptors (Lipinski definition) is 5. The lowest BCUT2D eigenvalue weighted by Gasteiger charge is -2.20. The molecule has 1 unspecified atom stereocenters. The lowest BCUT2D eigenvalue weighted by atomic mass is 9.89. The molecular formula is C11H17N5S. The number of nitrogen functional groups attached to an aromatic ring is 1. The van der Waals surface area contributed by atoms with Crippen LogP contribution < -0.4 is 5.84 Å². The first-order chi connectivity index (χ1) is 8.22. The smallest absolute Gasteiger partial charge is 0.211 e. The maximum absolute atomic E-state index is 8.77. The van der Waals surface area contributed by atoms with Gasteiger partial charge in [-0.15, -0.1) is 10.2 Å². The van der Waals surface area contributed by atoms with Gasteiger partial charge < -0.3 is 5.84 Å². The van der Waals surface area contributed by atoms with Crippen molar-refractivity contribution in [3.63, 3.8) is 0 Å². The van der Waals surface area contributed by atoms with Gasteiger partial charge in [0.25, 0.3) is 0 Å². The standard InChI is InChI=1S/C11H17N5S/c1-8(7-12)17-11-15-14-10(16(11)13)9-5-3-2-4-6-9/h8-9H,2-6,13H2,1H3. The van der Waals surface area contributed by atoms with Crippen LogP contribution in [0.4, 0.5) is 0 Å². The van der Waals surface area contributed by atoms with E-state index in [-0.39, 0.29) is 5.25 Å². The molecule has 0 amide bonds. The Labute approximate surface area is 105 Å². The molecule has 0 radical (unpaired) electrons. The zero-order valence-corrected chi connectivity index (χ0v) is 10.8. The molecule has 1 aromatic heterocycles. The molecule has 1 atom stereocenters. The molecule has 5 nitrogen and oxygen atoms in total. The average molecular weight is 251 g/mol. The van der Waals surface area contributed by atoms with Crippen molar-refractivity contribution in [2.75, 3.05) is 5.84 Å². The predicted molar refractivity (Wildman–Crippen MR) is 66.9 cm³/mol. The zero-order chi connectivity index (χ0) is 12.3. The molecular weight excluding hydrogens is 234 g/mol. The minimum absolute atomic E-state index is 0.152. The number of aromatic nitrogens is 3. The number of thioether (sulfide) groups is 1.